The number of rotatable bonds is 2. The normalized spacial score (nSPS) is 23.9. The van der Waals surface area contributed by atoms with Gasteiger partial charge in [-0.1, -0.05) is 16.8 Å². The molecule has 8 heteroatoms. The van der Waals surface area contributed by atoms with Gasteiger partial charge in [-0.3, -0.25) is 0 Å². The molecule has 0 aromatic carbocycles. The Labute approximate surface area is 108 Å². The number of nitrogens with two attached hydrogens (primary N) is 1. The summed E-state index contributed by atoms with van der Waals surface area (Å²) in [5, 5.41) is 17.5. The Hall–Kier alpha value is -1.47. The van der Waals surface area contributed by atoms with Crippen LogP contribution < -0.4 is 5.73 Å². The lowest BCUT2D eigenvalue weighted by Crippen LogP contribution is -2.10. The van der Waals surface area contributed by atoms with Crippen molar-refractivity contribution < 1.29 is 5.11 Å². The minimum atomic E-state index is 0.118. The average molecular weight is 269 g/mol. The monoisotopic (exact) mass is 268 g/mol. The van der Waals surface area contributed by atoms with E-state index >= 15 is 0 Å². The van der Waals surface area contributed by atoms with E-state index in [4.69, 9.17) is 17.3 Å². The van der Waals surface area contributed by atoms with Crippen LogP contribution in [0.25, 0.3) is 11.2 Å². The fraction of sp³-hybridized carbons (Fsp3) is 0.600. The summed E-state index contributed by atoms with van der Waals surface area (Å²) >= 11 is 5.95. The SMILES string of the molecule is Nc1nc(Cl)c2nnn([C@@H]3CC[C@H](CO)C3)c2n1. The van der Waals surface area contributed by atoms with E-state index in [1.165, 1.54) is 0 Å². The van der Waals surface area contributed by atoms with Crippen LogP contribution in [0.15, 0.2) is 0 Å². The Balaban J connectivity index is 2.03. The first kappa shape index (κ1) is 11.6. The number of anilines is 1. The van der Waals surface area contributed by atoms with E-state index in [1.54, 1.807) is 4.68 Å². The Bertz CT molecular complexity index is 585. The van der Waals surface area contributed by atoms with Gasteiger partial charge >= 0.3 is 0 Å². The van der Waals surface area contributed by atoms with Gasteiger partial charge in [-0.05, 0) is 25.2 Å². The summed E-state index contributed by atoms with van der Waals surface area (Å²) in [5.74, 6) is 0.441. The van der Waals surface area contributed by atoms with E-state index in [0.29, 0.717) is 17.1 Å². The first-order valence-electron chi connectivity index (χ1n) is 5.83. The number of nitrogen functional groups attached to an aromatic ring is 1. The highest BCUT2D eigenvalue weighted by Crippen LogP contribution is 2.35. The molecule has 2 atom stereocenters. The zero-order chi connectivity index (χ0) is 12.7. The fourth-order valence-corrected chi connectivity index (χ4v) is 2.70. The summed E-state index contributed by atoms with van der Waals surface area (Å²) < 4.78 is 1.74. The molecule has 3 rings (SSSR count). The second-order valence-electron chi connectivity index (χ2n) is 4.59. The smallest absolute Gasteiger partial charge is 0.223 e. The number of fused-ring (bicyclic) bond motifs is 1. The average Bonchev–Trinajstić information content (AvgIpc) is 2.93. The van der Waals surface area contributed by atoms with E-state index in [9.17, 15) is 5.11 Å². The zero-order valence-corrected chi connectivity index (χ0v) is 10.4. The van der Waals surface area contributed by atoms with Gasteiger partial charge in [0.1, 0.15) is 0 Å². The van der Waals surface area contributed by atoms with Crippen molar-refractivity contribution in [2.45, 2.75) is 25.3 Å². The van der Waals surface area contributed by atoms with Crippen molar-refractivity contribution in [2.24, 2.45) is 5.92 Å². The second-order valence-corrected chi connectivity index (χ2v) is 4.95. The quantitative estimate of drug-likeness (QED) is 0.781. The summed E-state index contributed by atoms with van der Waals surface area (Å²) in [6, 6.07) is 0.192. The molecule has 0 radical (unpaired) electrons. The summed E-state index contributed by atoms with van der Waals surface area (Å²) in [5.41, 5.74) is 6.63. The lowest BCUT2D eigenvalue weighted by Gasteiger charge is -2.10. The molecule has 96 valence electrons. The van der Waals surface area contributed by atoms with Crippen LogP contribution in [0.2, 0.25) is 5.15 Å². The fourth-order valence-electron chi connectivity index (χ4n) is 2.50. The van der Waals surface area contributed by atoms with Crippen molar-refractivity contribution in [1.29, 1.82) is 0 Å². The van der Waals surface area contributed by atoms with Crippen molar-refractivity contribution in [3.8, 4) is 0 Å². The molecule has 18 heavy (non-hydrogen) atoms. The number of nitrogens with zero attached hydrogens (tertiary/aromatic N) is 5. The minimum Gasteiger partial charge on any atom is -0.396 e. The molecule has 0 bridgehead atoms. The third-order valence-corrected chi connectivity index (χ3v) is 3.68. The molecule has 0 amide bonds. The first-order chi connectivity index (χ1) is 8.69. The number of hydrogen-bond acceptors (Lipinski definition) is 6. The third kappa shape index (κ3) is 1.79. The third-order valence-electron chi connectivity index (χ3n) is 3.42. The van der Waals surface area contributed by atoms with E-state index in [-0.39, 0.29) is 23.8 Å². The van der Waals surface area contributed by atoms with Crippen molar-refractivity contribution in [1.82, 2.24) is 25.0 Å². The molecule has 0 saturated heterocycles. The number of halogens is 1. The van der Waals surface area contributed by atoms with Crippen LogP contribution in [0.1, 0.15) is 25.3 Å². The maximum Gasteiger partial charge on any atom is 0.223 e. The van der Waals surface area contributed by atoms with Gasteiger partial charge in [0.25, 0.3) is 0 Å². The van der Waals surface area contributed by atoms with Crippen LogP contribution in [0.4, 0.5) is 5.95 Å². The predicted molar refractivity (Wildman–Crippen MR) is 66.0 cm³/mol. The largest absolute Gasteiger partial charge is 0.396 e. The molecule has 2 heterocycles. The number of aliphatic hydroxyl groups is 1. The van der Waals surface area contributed by atoms with Gasteiger partial charge in [0.2, 0.25) is 5.95 Å². The molecule has 2 aromatic rings. The molecule has 7 nitrogen and oxygen atoms in total. The van der Waals surface area contributed by atoms with Crippen LogP contribution in [0.3, 0.4) is 0 Å². The van der Waals surface area contributed by atoms with E-state index in [0.717, 1.165) is 19.3 Å². The Kier molecular flexibility index (Phi) is 2.79. The highest BCUT2D eigenvalue weighted by atomic mass is 35.5. The highest BCUT2D eigenvalue weighted by molar-refractivity contribution is 6.33. The van der Waals surface area contributed by atoms with Crippen molar-refractivity contribution >= 4 is 28.7 Å². The van der Waals surface area contributed by atoms with E-state index in [2.05, 4.69) is 20.3 Å². The summed E-state index contributed by atoms with van der Waals surface area (Å²) in [7, 11) is 0. The molecule has 1 aliphatic carbocycles. The molecular weight excluding hydrogens is 256 g/mol. The molecule has 2 aromatic heterocycles. The van der Waals surface area contributed by atoms with Crippen molar-refractivity contribution in [3.05, 3.63) is 5.15 Å². The van der Waals surface area contributed by atoms with Gasteiger partial charge in [0.05, 0.1) is 6.04 Å². The summed E-state index contributed by atoms with van der Waals surface area (Å²) in [6.07, 6.45) is 2.80. The number of aliphatic hydroxyl groups excluding tert-OH is 1. The first-order valence-corrected chi connectivity index (χ1v) is 6.21. The second kappa shape index (κ2) is 4.33. The molecule has 0 spiro atoms. The zero-order valence-electron chi connectivity index (χ0n) is 9.62. The van der Waals surface area contributed by atoms with Crippen molar-refractivity contribution in [3.63, 3.8) is 0 Å². The van der Waals surface area contributed by atoms with Gasteiger partial charge in [0.15, 0.2) is 16.3 Å². The Morgan fingerprint density at radius 3 is 2.94 bits per heavy atom. The predicted octanol–water partition coefficient (Wildman–Crippen LogP) is 0.790. The molecule has 0 aliphatic heterocycles. The van der Waals surface area contributed by atoms with Gasteiger partial charge in [-0.2, -0.15) is 9.97 Å². The van der Waals surface area contributed by atoms with E-state index in [1.807, 2.05) is 0 Å². The number of hydrogen-bond donors (Lipinski definition) is 2. The van der Waals surface area contributed by atoms with Crippen molar-refractivity contribution in [2.75, 3.05) is 12.3 Å². The van der Waals surface area contributed by atoms with Crippen LogP contribution in [-0.4, -0.2) is 36.7 Å². The standard InChI is InChI=1S/C10H13ClN6O/c11-8-7-9(14-10(12)13-8)17(16-15-7)6-2-1-5(3-6)4-18/h5-6,18H,1-4H2,(H2,12,13,14)/t5-,6+/m0/s1. The molecule has 3 N–H and O–H groups in total. The number of aromatic nitrogens is 5. The summed E-state index contributed by atoms with van der Waals surface area (Å²) in [4.78, 5) is 8.00. The van der Waals surface area contributed by atoms with Crippen LogP contribution in [0, 0.1) is 5.92 Å². The molecule has 1 aliphatic rings. The molecule has 1 saturated carbocycles. The molecule has 1 fully saturated rings. The van der Waals surface area contributed by atoms with Gasteiger partial charge in [-0.25, -0.2) is 4.68 Å². The lowest BCUT2D eigenvalue weighted by molar-refractivity contribution is 0.225. The Morgan fingerprint density at radius 1 is 1.39 bits per heavy atom. The van der Waals surface area contributed by atoms with Gasteiger partial charge < -0.3 is 10.8 Å². The van der Waals surface area contributed by atoms with Crippen LogP contribution in [0.5, 0.6) is 0 Å². The van der Waals surface area contributed by atoms with Gasteiger partial charge in [0, 0.05) is 6.61 Å². The van der Waals surface area contributed by atoms with Gasteiger partial charge in [-0.15, -0.1) is 5.10 Å². The summed E-state index contributed by atoms with van der Waals surface area (Å²) in [6.45, 7) is 0.209. The lowest BCUT2D eigenvalue weighted by atomic mass is 10.1. The minimum absolute atomic E-state index is 0.118. The maximum absolute atomic E-state index is 9.17. The van der Waals surface area contributed by atoms with Crippen LogP contribution >= 0.6 is 11.6 Å². The molecule has 0 unspecified atom stereocenters. The van der Waals surface area contributed by atoms with Crippen LogP contribution in [-0.2, 0) is 0 Å². The highest BCUT2D eigenvalue weighted by Gasteiger charge is 2.28. The molecular formula is C10H13ClN6O. The topological polar surface area (TPSA) is 103 Å². The maximum atomic E-state index is 9.17. The van der Waals surface area contributed by atoms with E-state index < -0.39 is 0 Å². The Morgan fingerprint density at radius 2 is 2.22 bits per heavy atom.